The van der Waals surface area contributed by atoms with Crippen molar-refractivity contribution in [1.29, 1.82) is 0 Å². The Bertz CT molecular complexity index is 991. The molecule has 50 heavy (non-hydrogen) atoms. The number of nitrogens with two attached hydrogens (primary N) is 1. The molecule has 0 aromatic carbocycles. The van der Waals surface area contributed by atoms with Gasteiger partial charge in [0, 0.05) is 38.8 Å². The lowest BCUT2D eigenvalue weighted by atomic mass is 10.2. The van der Waals surface area contributed by atoms with Crippen LogP contribution in [-0.2, 0) is 33.5 Å². The summed E-state index contributed by atoms with van der Waals surface area (Å²) in [5.74, 6) is -1.76. The van der Waals surface area contributed by atoms with E-state index in [2.05, 4.69) is 16.0 Å². The van der Waals surface area contributed by atoms with Gasteiger partial charge in [-0.25, -0.2) is 14.4 Å². The van der Waals surface area contributed by atoms with Crippen LogP contribution >= 0.6 is 0 Å². The molecule has 0 aliphatic carbocycles. The second-order valence-corrected chi connectivity index (χ2v) is 13.3. The predicted octanol–water partition coefficient (Wildman–Crippen LogP) is 0.518. The summed E-state index contributed by atoms with van der Waals surface area (Å²) in [6.07, 6.45) is 3.90. The zero-order valence-electron chi connectivity index (χ0n) is 30.5. The summed E-state index contributed by atoms with van der Waals surface area (Å²) in [5, 5.41) is 42.1. The molecule has 0 spiro atoms. The third kappa shape index (κ3) is 29.3. The van der Waals surface area contributed by atoms with E-state index in [9.17, 15) is 28.8 Å². The number of nitrogens with one attached hydrogen (secondary N) is 3. The Morgan fingerprint density at radius 3 is 1.48 bits per heavy atom. The van der Waals surface area contributed by atoms with Crippen molar-refractivity contribution in [1.82, 2.24) is 21.0 Å². The van der Waals surface area contributed by atoms with E-state index < -0.39 is 53.3 Å². The Morgan fingerprint density at radius 2 is 1.12 bits per heavy atom. The van der Waals surface area contributed by atoms with Crippen LogP contribution < -0.4 is 21.7 Å². The molecule has 1 rings (SSSR count). The molecule has 0 aromatic heterocycles. The molecule has 292 valence electrons. The molecular weight excluding hydrogens is 662 g/mol. The first kappa shape index (κ1) is 48.5. The van der Waals surface area contributed by atoms with Crippen LogP contribution in [0.25, 0.3) is 0 Å². The van der Waals surface area contributed by atoms with Crippen LogP contribution in [0, 0.1) is 0 Å². The molecule has 18 nitrogen and oxygen atoms in total. The lowest BCUT2D eigenvalue weighted by molar-refractivity contribution is -0.197. The first-order valence-electron chi connectivity index (χ1n) is 16.8. The maximum Gasteiger partial charge on any atom is 0.407 e. The Hall–Kier alpha value is -3.58. The molecule has 1 saturated heterocycles. The van der Waals surface area contributed by atoms with E-state index in [0.29, 0.717) is 50.3 Å². The summed E-state index contributed by atoms with van der Waals surface area (Å²) < 4.78 is 10.2. The molecule has 0 unspecified atom stereocenters. The van der Waals surface area contributed by atoms with E-state index in [1.807, 2.05) is 0 Å². The van der Waals surface area contributed by atoms with Crippen molar-refractivity contribution in [3.63, 3.8) is 0 Å². The van der Waals surface area contributed by atoms with Crippen LogP contribution in [0.4, 0.5) is 9.59 Å². The number of hydrogen-bond donors (Lipinski definition) is 8. The molecule has 1 fully saturated rings. The fraction of sp³-hybridized carbons (Fsp3) is 0.812. The topological polar surface area (TPSA) is 276 Å². The largest absolute Gasteiger partial charge is 0.444 e. The molecule has 18 heteroatoms. The van der Waals surface area contributed by atoms with Gasteiger partial charge in [-0.3, -0.25) is 14.4 Å². The van der Waals surface area contributed by atoms with Gasteiger partial charge in [-0.1, -0.05) is 12.8 Å². The number of carbonyl (C=O) groups is 6. The van der Waals surface area contributed by atoms with E-state index in [1.165, 1.54) is 0 Å². The normalized spacial score (nSPS) is 12.8. The SMILES string of the molecule is CC(C)(C)OC(=O)NCCCCCC(=O)NC(CO)CO.CC(C)(C)OC(=O)NCCCCCC(=O)ON1C(=O)CCC1=O.NC(CO)CO. The highest BCUT2D eigenvalue weighted by atomic mass is 16.7. The minimum Gasteiger partial charge on any atom is -0.444 e. The van der Waals surface area contributed by atoms with E-state index in [4.69, 9.17) is 40.5 Å². The van der Waals surface area contributed by atoms with Crippen LogP contribution in [0.1, 0.15) is 106 Å². The first-order valence-corrected chi connectivity index (χ1v) is 16.8. The number of hydrogen-bond acceptors (Lipinski definition) is 14. The summed E-state index contributed by atoms with van der Waals surface area (Å²) >= 11 is 0. The summed E-state index contributed by atoms with van der Waals surface area (Å²) in [6.45, 7) is 10.9. The molecule has 9 N–H and O–H groups in total. The highest BCUT2D eigenvalue weighted by Crippen LogP contribution is 2.13. The molecule has 0 aromatic rings. The molecule has 1 aliphatic heterocycles. The van der Waals surface area contributed by atoms with Crippen molar-refractivity contribution in [2.75, 3.05) is 39.5 Å². The smallest absolute Gasteiger partial charge is 0.407 e. The van der Waals surface area contributed by atoms with Crippen LogP contribution in [0.5, 0.6) is 0 Å². The number of carbonyl (C=O) groups excluding carboxylic acids is 6. The molecule has 1 aliphatic rings. The maximum atomic E-state index is 11.5. The zero-order chi connectivity index (χ0) is 38.8. The average molecular weight is 724 g/mol. The van der Waals surface area contributed by atoms with Crippen LogP contribution in [-0.4, -0.2) is 124 Å². The number of ether oxygens (including phenoxy) is 2. The van der Waals surface area contributed by atoms with E-state index in [1.54, 1.807) is 41.5 Å². The van der Waals surface area contributed by atoms with Crippen molar-refractivity contribution in [2.45, 2.75) is 129 Å². The van der Waals surface area contributed by atoms with Crippen molar-refractivity contribution in [2.24, 2.45) is 5.73 Å². The van der Waals surface area contributed by atoms with Crippen molar-refractivity contribution < 1.29 is 63.5 Å². The van der Waals surface area contributed by atoms with Gasteiger partial charge < -0.3 is 56.4 Å². The van der Waals surface area contributed by atoms with Crippen LogP contribution in [0.15, 0.2) is 0 Å². The van der Waals surface area contributed by atoms with Gasteiger partial charge >= 0.3 is 18.2 Å². The average Bonchev–Trinajstić information content (AvgIpc) is 3.33. The maximum absolute atomic E-state index is 11.5. The second-order valence-electron chi connectivity index (χ2n) is 13.3. The number of aliphatic hydroxyl groups is 4. The van der Waals surface area contributed by atoms with Crippen LogP contribution in [0.3, 0.4) is 0 Å². The van der Waals surface area contributed by atoms with Gasteiger partial charge in [0.05, 0.1) is 38.5 Å². The summed E-state index contributed by atoms with van der Waals surface area (Å²) in [4.78, 5) is 73.0. The fourth-order valence-corrected chi connectivity index (χ4v) is 3.48. The molecule has 0 bridgehead atoms. The Morgan fingerprint density at radius 1 is 0.700 bits per heavy atom. The van der Waals surface area contributed by atoms with Gasteiger partial charge in [-0.2, -0.15) is 0 Å². The van der Waals surface area contributed by atoms with Gasteiger partial charge in [0.25, 0.3) is 11.8 Å². The number of nitrogens with zero attached hydrogens (tertiary/aromatic N) is 1. The predicted molar refractivity (Wildman–Crippen MR) is 181 cm³/mol. The fourth-order valence-electron chi connectivity index (χ4n) is 3.48. The standard InChI is InChI=1S/C15H24N2O6.C14H28N2O5.C3H9NO2/c1-15(2,3)22-14(21)16-10-6-4-5-7-13(20)23-17-11(18)8-9-12(17)19;1-14(2,3)21-13(20)15-8-6-4-5-7-12(19)16-11(9-17)10-18;4-3(1-5)2-6/h4-10H2,1-3H3,(H,16,21);11,17-18H,4-10H2,1-3H3,(H,15,20)(H,16,19);3,5-6H,1-2,4H2. The van der Waals surface area contributed by atoms with E-state index in [0.717, 1.165) is 12.8 Å². The highest BCUT2D eigenvalue weighted by molar-refractivity contribution is 6.01. The number of alkyl carbamates (subject to hydrolysis) is 2. The quantitative estimate of drug-likeness (QED) is 0.0707. The van der Waals surface area contributed by atoms with Gasteiger partial charge in [-0.05, 0) is 67.2 Å². The molecular formula is C32H61N5O13. The zero-order valence-corrected chi connectivity index (χ0v) is 30.5. The van der Waals surface area contributed by atoms with Gasteiger partial charge in [0.15, 0.2) is 0 Å². The number of hydroxylamine groups is 2. The van der Waals surface area contributed by atoms with Gasteiger partial charge in [0.2, 0.25) is 5.91 Å². The number of amides is 5. The van der Waals surface area contributed by atoms with Crippen molar-refractivity contribution in [3.05, 3.63) is 0 Å². The molecule has 5 amide bonds. The van der Waals surface area contributed by atoms with Crippen LogP contribution in [0.2, 0.25) is 0 Å². The molecule has 0 saturated carbocycles. The third-order valence-corrected chi connectivity index (χ3v) is 5.95. The first-order chi connectivity index (χ1) is 23.3. The lowest BCUT2D eigenvalue weighted by Gasteiger charge is -2.19. The van der Waals surface area contributed by atoms with Crippen molar-refractivity contribution in [3.8, 4) is 0 Å². The number of imide groups is 1. The third-order valence-electron chi connectivity index (χ3n) is 5.95. The highest BCUT2D eigenvalue weighted by Gasteiger charge is 2.32. The minimum atomic E-state index is -0.603. The Balaban J connectivity index is 0. The Labute approximate surface area is 294 Å². The lowest BCUT2D eigenvalue weighted by Crippen LogP contribution is -2.39. The molecule has 0 atom stereocenters. The Kier molecular flexibility index (Phi) is 26.4. The monoisotopic (exact) mass is 723 g/mol. The van der Waals surface area contributed by atoms with E-state index >= 15 is 0 Å². The van der Waals surface area contributed by atoms with E-state index in [-0.39, 0.29) is 51.6 Å². The summed E-state index contributed by atoms with van der Waals surface area (Å²) in [6, 6.07) is -1.05. The number of rotatable bonds is 18. The summed E-state index contributed by atoms with van der Waals surface area (Å²) in [5.41, 5.74) is 3.94. The second kappa shape index (κ2) is 27.2. The number of unbranched alkanes of at least 4 members (excludes halogenated alkanes) is 4. The van der Waals surface area contributed by atoms with Gasteiger partial charge in [-0.15, -0.1) is 5.06 Å². The number of aliphatic hydroxyl groups excluding tert-OH is 4. The van der Waals surface area contributed by atoms with Gasteiger partial charge in [0.1, 0.15) is 11.2 Å². The molecule has 0 radical (unpaired) electrons. The molecule has 1 heterocycles. The minimum absolute atomic E-state index is 0.0858. The van der Waals surface area contributed by atoms with Crippen molar-refractivity contribution >= 4 is 35.9 Å². The summed E-state index contributed by atoms with van der Waals surface area (Å²) in [7, 11) is 0.